The Labute approximate surface area is 94.8 Å². The number of aliphatic carboxylic acids is 1. The van der Waals surface area contributed by atoms with E-state index in [0.717, 1.165) is 12.2 Å². The van der Waals surface area contributed by atoms with Crippen LogP contribution in [0.25, 0.3) is 0 Å². The van der Waals surface area contributed by atoms with Crippen LogP contribution in [0, 0.1) is 0 Å². The third-order valence-electron chi connectivity index (χ3n) is 1.99. The van der Waals surface area contributed by atoms with Gasteiger partial charge in [0.05, 0.1) is 0 Å². The normalized spacial score (nSPS) is 12.1. The fraction of sp³-hybridized carbons (Fsp3) is 0.800. The molecular formula is C10H19NO3S. The summed E-state index contributed by atoms with van der Waals surface area (Å²) >= 11 is 1.58. The Morgan fingerprint density at radius 2 is 2.20 bits per heavy atom. The third kappa shape index (κ3) is 8.30. The molecule has 0 aliphatic carbocycles. The van der Waals surface area contributed by atoms with Gasteiger partial charge in [0.2, 0.25) is 6.41 Å². The minimum Gasteiger partial charge on any atom is -0.480 e. The van der Waals surface area contributed by atoms with Gasteiger partial charge in [0.15, 0.2) is 0 Å². The minimum absolute atomic E-state index is 0.441. The summed E-state index contributed by atoms with van der Waals surface area (Å²) in [5.74, 6) is 0.438. The molecule has 0 heterocycles. The van der Waals surface area contributed by atoms with E-state index in [1.54, 1.807) is 11.8 Å². The number of rotatable bonds is 10. The van der Waals surface area contributed by atoms with Crippen molar-refractivity contribution in [1.29, 1.82) is 0 Å². The number of unbranched alkanes of at least 4 members (excludes halogenated alkanes) is 3. The van der Waals surface area contributed by atoms with E-state index in [4.69, 9.17) is 5.11 Å². The van der Waals surface area contributed by atoms with E-state index >= 15 is 0 Å². The first kappa shape index (κ1) is 14.3. The zero-order valence-corrected chi connectivity index (χ0v) is 9.89. The molecule has 0 saturated heterocycles. The van der Waals surface area contributed by atoms with Crippen molar-refractivity contribution in [2.24, 2.45) is 0 Å². The van der Waals surface area contributed by atoms with E-state index in [9.17, 15) is 9.59 Å². The predicted octanol–water partition coefficient (Wildman–Crippen LogP) is 1.50. The number of carboxylic acids is 1. The molecule has 0 aromatic heterocycles. The Kier molecular flexibility index (Phi) is 9.36. The van der Waals surface area contributed by atoms with E-state index in [-0.39, 0.29) is 0 Å². The number of hydrogen-bond acceptors (Lipinski definition) is 3. The molecule has 1 unspecified atom stereocenters. The lowest BCUT2D eigenvalue weighted by Crippen LogP contribution is -2.37. The molecule has 88 valence electrons. The quantitative estimate of drug-likeness (QED) is 0.443. The Morgan fingerprint density at radius 3 is 2.73 bits per heavy atom. The van der Waals surface area contributed by atoms with Crippen molar-refractivity contribution in [3.8, 4) is 0 Å². The monoisotopic (exact) mass is 233 g/mol. The van der Waals surface area contributed by atoms with Crippen LogP contribution in [0.4, 0.5) is 0 Å². The van der Waals surface area contributed by atoms with Crippen molar-refractivity contribution < 1.29 is 14.7 Å². The molecule has 0 aliphatic rings. The molecule has 0 aromatic rings. The van der Waals surface area contributed by atoms with Crippen molar-refractivity contribution in [2.45, 2.75) is 38.6 Å². The van der Waals surface area contributed by atoms with E-state index < -0.39 is 12.0 Å². The van der Waals surface area contributed by atoms with Gasteiger partial charge < -0.3 is 10.4 Å². The summed E-state index contributed by atoms with van der Waals surface area (Å²) < 4.78 is 0. The zero-order valence-electron chi connectivity index (χ0n) is 9.07. The van der Waals surface area contributed by atoms with Gasteiger partial charge in [-0.25, -0.2) is 4.79 Å². The first-order valence-electron chi connectivity index (χ1n) is 5.22. The third-order valence-corrected chi connectivity index (χ3v) is 3.14. The first-order chi connectivity index (χ1) is 7.22. The average molecular weight is 233 g/mol. The maximum Gasteiger partial charge on any atom is 0.327 e. The SMILES string of the molecule is CCCCCCSCC(NC=O)C(=O)O. The molecule has 0 aliphatic heterocycles. The smallest absolute Gasteiger partial charge is 0.327 e. The lowest BCUT2D eigenvalue weighted by Gasteiger charge is -2.10. The molecule has 15 heavy (non-hydrogen) atoms. The highest BCUT2D eigenvalue weighted by atomic mass is 32.2. The Bertz CT molecular complexity index is 188. The lowest BCUT2D eigenvalue weighted by atomic mass is 10.2. The van der Waals surface area contributed by atoms with Crippen molar-refractivity contribution >= 4 is 24.1 Å². The zero-order chi connectivity index (χ0) is 11.5. The van der Waals surface area contributed by atoms with Gasteiger partial charge in [0.25, 0.3) is 0 Å². The van der Waals surface area contributed by atoms with E-state index in [2.05, 4.69) is 12.2 Å². The molecule has 1 amide bonds. The topological polar surface area (TPSA) is 66.4 Å². The summed E-state index contributed by atoms with van der Waals surface area (Å²) in [4.78, 5) is 20.7. The molecular weight excluding hydrogens is 214 g/mol. The molecule has 0 saturated carbocycles. The molecule has 0 bridgehead atoms. The van der Waals surface area contributed by atoms with E-state index in [1.807, 2.05) is 0 Å². The van der Waals surface area contributed by atoms with Gasteiger partial charge in [-0.2, -0.15) is 11.8 Å². The second-order valence-electron chi connectivity index (χ2n) is 3.31. The summed E-state index contributed by atoms with van der Waals surface area (Å²) in [6, 6.07) is -0.751. The van der Waals surface area contributed by atoms with Gasteiger partial charge in [-0.15, -0.1) is 0 Å². The summed E-state index contributed by atoms with van der Waals surface area (Å²) in [7, 11) is 0. The van der Waals surface area contributed by atoms with Gasteiger partial charge in [-0.1, -0.05) is 26.2 Å². The first-order valence-corrected chi connectivity index (χ1v) is 6.38. The Morgan fingerprint density at radius 1 is 1.47 bits per heavy atom. The summed E-state index contributed by atoms with van der Waals surface area (Å²) in [5, 5.41) is 11.0. The maximum absolute atomic E-state index is 10.6. The second kappa shape index (κ2) is 9.83. The molecule has 0 aromatic carbocycles. The average Bonchev–Trinajstić information content (AvgIpc) is 2.21. The van der Waals surface area contributed by atoms with Crippen molar-refractivity contribution in [1.82, 2.24) is 5.32 Å². The Balaban J connectivity index is 3.45. The maximum atomic E-state index is 10.6. The highest BCUT2D eigenvalue weighted by Crippen LogP contribution is 2.08. The number of carboxylic acid groups (broad SMARTS) is 1. The molecule has 0 radical (unpaired) electrons. The molecule has 0 fully saturated rings. The largest absolute Gasteiger partial charge is 0.480 e. The summed E-state index contributed by atoms with van der Waals surface area (Å²) in [6.45, 7) is 2.15. The number of hydrogen-bond donors (Lipinski definition) is 2. The number of amides is 1. The van der Waals surface area contributed by atoms with Gasteiger partial charge in [0.1, 0.15) is 6.04 Å². The highest BCUT2D eigenvalue weighted by molar-refractivity contribution is 7.99. The molecule has 1 atom stereocenters. The molecule has 5 heteroatoms. The Hall–Kier alpha value is -0.710. The molecule has 0 rings (SSSR count). The van der Waals surface area contributed by atoms with Crippen LogP contribution in [-0.4, -0.2) is 35.0 Å². The fourth-order valence-electron chi connectivity index (χ4n) is 1.10. The van der Waals surface area contributed by atoms with Crippen LogP contribution in [0.1, 0.15) is 32.6 Å². The number of thioether (sulfide) groups is 1. The second-order valence-corrected chi connectivity index (χ2v) is 4.46. The van der Waals surface area contributed by atoms with Crippen LogP contribution < -0.4 is 5.32 Å². The number of nitrogens with one attached hydrogen (secondary N) is 1. The van der Waals surface area contributed by atoms with Crippen LogP contribution in [0.2, 0.25) is 0 Å². The van der Waals surface area contributed by atoms with E-state index in [1.165, 1.54) is 19.3 Å². The minimum atomic E-state index is -0.969. The highest BCUT2D eigenvalue weighted by Gasteiger charge is 2.15. The number of carbonyl (C=O) groups excluding carboxylic acids is 1. The van der Waals surface area contributed by atoms with Crippen LogP contribution in [-0.2, 0) is 9.59 Å². The van der Waals surface area contributed by atoms with Gasteiger partial charge >= 0.3 is 5.97 Å². The fourth-order valence-corrected chi connectivity index (χ4v) is 2.15. The molecule has 4 nitrogen and oxygen atoms in total. The van der Waals surface area contributed by atoms with Crippen molar-refractivity contribution in [3.05, 3.63) is 0 Å². The summed E-state index contributed by atoms with van der Waals surface area (Å²) in [5.41, 5.74) is 0. The van der Waals surface area contributed by atoms with Crippen molar-refractivity contribution in [3.63, 3.8) is 0 Å². The molecule has 2 N–H and O–H groups in total. The van der Waals surface area contributed by atoms with Gasteiger partial charge in [-0.05, 0) is 12.2 Å². The number of carbonyl (C=O) groups is 2. The lowest BCUT2D eigenvalue weighted by molar-refractivity contribution is -0.139. The summed E-state index contributed by atoms with van der Waals surface area (Å²) in [6.07, 6.45) is 5.19. The van der Waals surface area contributed by atoms with Crippen LogP contribution in [0.3, 0.4) is 0 Å². The standard InChI is InChI=1S/C10H19NO3S/c1-2-3-4-5-6-15-7-9(10(13)14)11-8-12/h8-9H,2-7H2,1H3,(H,11,12)(H,13,14). The van der Waals surface area contributed by atoms with Gasteiger partial charge in [-0.3, -0.25) is 4.79 Å². The van der Waals surface area contributed by atoms with Crippen LogP contribution in [0.15, 0.2) is 0 Å². The van der Waals surface area contributed by atoms with Crippen LogP contribution >= 0.6 is 11.8 Å². The van der Waals surface area contributed by atoms with Gasteiger partial charge in [0, 0.05) is 5.75 Å². The van der Waals surface area contributed by atoms with Crippen molar-refractivity contribution in [2.75, 3.05) is 11.5 Å². The molecule has 0 spiro atoms. The van der Waals surface area contributed by atoms with Crippen LogP contribution in [0.5, 0.6) is 0 Å². The van der Waals surface area contributed by atoms with E-state index in [0.29, 0.717) is 12.2 Å². The predicted molar refractivity (Wildman–Crippen MR) is 62.1 cm³/mol.